The second kappa shape index (κ2) is 5.33. The van der Waals surface area contributed by atoms with Gasteiger partial charge in [0.05, 0.1) is 6.42 Å². The van der Waals surface area contributed by atoms with Crippen LogP contribution in [0.15, 0.2) is 11.6 Å². The van der Waals surface area contributed by atoms with Gasteiger partial charge in [-0.25, -0.2) is 4.79 Å². The van der Waals surface area contributed by atoms with Crippen LogP contribution < -0.4 is 0 Å². The molecule has 0 aromatic rings. The van der Waals surface area contributed by atoms with Crippen molar-refractivity contribution in [1.82, 2.24) is 0 Å². The Hall–Kier alpha value is -1.36. The van der Waals surface area contributed by atoms with E-state index in [4.69, 9.17) is 14.6 Å². The average molecular weight is 270 g/mol. The highest BCUT2D eigenvalue weighted by Crippen LogP contribution is 2.39. The molecule has 0 aromatic carbocycles. The summed E-state index contributed by atoms with van der Waals surface area (Å²) in [6.45, 7) is 9.40. The van der Waals surface area contributed by atoms with Crippen molar-refractivity contribution in [3.8, 4) is 0 Å². The van der Waals surface area contributed by atoms with Crippen LogP contribution >= 0.6 is 0 Å². The highest BCUT2D eigenvalue weighted by Gasteiger charge is 2.54. The predicted octanol–water partition coefficient (Wildman–Crippen LogP) is 2.50. The van der Waals surface area contributed by atoms with Gasteiger partial charge in [-0.3, -0.25) is 4.79 Å². The molecule has 0 aromatic heterocycles. The smallest absolute Gasteiger partial charge is 0.341 e. The Morgan fingerprint density at radius 1 is 1.42 bits per heavy atom. The molecule has 2 atom stereocenters. The Balaban J connectivity index is 3.01. The van der Waals surface area contributed by atoms with Gasteiger partial charge >= 0.3 is 11.9 Å². The summed E-state index contributed by atoms with van der Waals surface area (Å²) in [7, 11) is 0. The van der Waals surface area contributed by atoms with Crippen molar-refractivity contribution in [1.29, 1.82) is 0 Å². The number of esters is 1. The van der Waals surface area contributed by atoms with Gasteiger partial charge in [-0.2, -0.15) is 0 Å². The standard InChI is InChI=1S/C14H22O5/c1-9(2)6-7-14(8-10(15)16)11(17)18-12(19-14)13(3,4)5/h6,12H,7-8H2,1-5H3,(H,15,16). The summed E-state index contributed by atoms with van der Waals surface area (Å²) in [4.78, 5) is 23.1. The van der Waals surface area contributed by atoms with E-state index in [0.717, 1.165) is 5.57 Å². The van der Waals surface area contributed by atoms with Crippen LogP contribution in [0, 0.1) is 5.41 Å². The Morgan fingerprint density at radius 3 is 2.37 bits per heavy atom. The molecule has 0 bridgehead atoms. The van der Waals surface area contributed by atoms with Gasteiger partial charge in [0.2, 0.25) is 6.29 Å². The lowest BCUT2D eigenvalue weighted by atomic mass is 9.93. The average Bonchev–Trinajstić information content (AvgIpc) is 2.53. The first-order valence-corrected chi connectivity index (χ1v) is 6.31. The molecule has 0 saturated carbocycles. The van der Waals surface area contributed by atoms with Crippen LogP contribution in [0.3, 0.4) is 0 Å². The quantitative estimate of drug-likeness (QED) is 0.627. The molecular weight excluding hydrogens is 248 g/mol. The zero-order valence-electron chi connectivity index (χ0n) is 12.1. The van der Waals surface area contributed by atoms with E-state index in [2.05, 4.69) is 0 Å². The fraction of sp³-hybridized carbons (Fsp3) is 0.714. The zero-order valence-corrected chi connectivity index (χ0v) is 12.1. The minimum atomic E-state index is -1.40. The Kier molecular flexibility index (Phi) is 4.40. The van der Waals surface area contributed by atoms with Crippen LogP contribution in [0.5, 0.6) is 0 Å². The van der Waals surface area contributed by atoms with Gasteiger partial charge in [0.1, 0.15) is 0 Å². The summed E-state index contributed by atoms with van der Waals surface area (Å²) in [6.07, 6.45) is 0.912. The van der Waals surface area contributed by atoms with E-state index in [9.17, 15) is 9.59 Å². The van der Waals surface area contributed by atoms with Crippen molar-refractivity contribution < 1.29 is 24.2 Å². The third kappa shape index (κ3) is 3.80. The number of carbonyl (C=O) groups excluding carboxylic acids is 1. The van der Waals surface area contributed by atoms with Gasteiger partial charge in [-0.15, -0.1) is 0 Å². The van der Waals surface area contributed by atoms with Gasteiger partial charge in [-0.1, -0.05) is 32.4 Å². The molecule has 1 aliphatic rings. The highest BCUT2D eigenvalue weighted by atomic mass is 16.8. The van der Waals surface area contributed by atoms with E-state index in [1.54, 1.807) is 6.08 Å². The predicted molar refractivity (Wildman–Crippen MR) is 69.5 cm³/mol. The third-order valence-electron chi connectivity index (χ3n) is 2.90. The number of carboxylic acids is 1. The minimum absolute atomic E-state index is 0.215. The Morgan fingerprint density at radius 2 is 2.00 bits per heavy atom. The first-order chi connectivity index (χ1) is 8.57. The molecule has 0 amide bonds. The topological polar surface area (TPSA) is 72.8 Å². The van der Waals surface area contributed by atoms with Gasteiger partial charge in [-0.05, 0) is 13.8 Å². The van der Waals surface area contributed by atoms with E-state index in [1.165, 1.54) is 0 Å². The number of allylic oxidation sites excluding steroid dienone is 1. The molecule has 5 heteroatoms. The lowest BCUT2D eigenvalue weighted by molar-refractivity contribution is -0.159. The van der Waals surface area contributed by atoms with E-state index >= 15 is 0 Å². The van der Waals surface area contributed by atoms with E-state index in [-0.39, 0.29) is 18.3 Å². The monoisotopic (exact) mass is 270 g/mol. The van der Waals surface area contributed by atoms with Crippen molar-refractivity contribution in [2.75, 3.05) is 0 Å². The number of cyclic esters (lactones) is 1. The maximum Gasteiger partial charge on any atom is 0.341 e. The SMILES string of the molecule is CC(C)=CCC1(CC(=O)O)OC(C(C)(C)C)OC1=O. The van der Waals surface area contributed by atoms with Crippen LogP contribution in [-0.2, 0) is 19.1 Å². The molecule has 1 aliphatic heterocycles. The lowest BCUT2D eigenvalue weighted by Gasteiger charge is -2.27. The van der Waals surface area contributed by atoms with Gasteiger partial charge in [0.15, 0.2) is 5.60 Å². The molecule has 0 spiro atoms. The van der Waals surface area contributed by atoms with Crippen LogP contribution in [0.25, 0.3) is 0 Å². The van der Waals surface area contributed by atoms with Crippen molar-refractivity contribution in [2.45, 2.75) is 59.4 Å². The summed E-state index contributed by atoms with van der Waals surface area (Å²) >= 11 is 0. The molecule has 1 rings (SSSR count). The van der Waals surface area contributed by atoms with Crippen molar-refractivity contribution in [2.24, 2.45) is 5.41 Å². The second-order valence-corrected chi connectivity index (χ2v) is 6.27. The van der Waals surface area contributed by atoms with E-state index in [0.29, 0.717) is 0 Å². The van der Waals surface area contributed by atoms with Crippen molar-refractivity contribution in [3.63, 3.8) is 0 Å². The van der Waals surface area contributed by atoms with Gasteiger partial charge < -0.3 is 14.6 Å². The molecule has 1 fully saturated rings. The number of carboxylic acid groups (broad SMARTS) is 1. The number of hydrogen-bond acceptors (Lipinski definition) is 4. The zero-order chi connectivity index (χ0) is 14.8. The molecular formula is C14H22O5. The highest BCUT2D eigenvalue weighted by molar-refractivity contribution is 5.86. The Bertz CT molecular complexity index is 401. The number of hydrogen-bond donors (Lipinski definition) is 1. The number of ether oxygens (including phenoxy) is 2. The molecule has 1 heterocycles. The summed E-state index contributed by atoms with van der Waals surface area (Å²) < 4.78 is 10.9. The maximum atomic E-state index is 12.1. The van der Waals surface area contributed by atoms with Crippen LogP contribution in [0.4, 0.5) is 0 Å². The van der Waals surface area contributed by atoms with Crippen LogP contribution in [0.2, 0.25) is 0 Å². The first kappa shape index (κ1) is 15.7. The van der Waals surface area contributed by atoms with Gasteiger partial charge in [0.25, 0.3) is 0 Å². The molecule has 1 saturated heterocycles. The van der Waals surface area contributed by atoms with Crippen molar-refractivity contribution >= 4 is 11.9 Å². The third-order valence-corrected chi connectivity index (χ3v) is 2.90. The molecule has 0 radical (unpaired) electrons. The summed E-state index contributed by atoms with van der Waals surface area (Å²) in [5.74, 6) is -1.67. The second-order valence-electron chi connectivity index (χ2n) is 6.27. The summed E-state index contributed by atoms with van der Waals surface area (Å²) in [5.41, 5.74) is -0.789. The maximum absolute atomic E-state index is 12.1. The number of carbonyl (C=O) groups is 2. The fourth-order valence-corrected chi connectivity index (χ4v) is 1.77. The van der Waals surface area contributed by atoms with Gasteiger partial charge in [0, 0.05) is 11.8 Å². The minimum Gasteiger partial charge on any atom is -0.481 e. The normalized spacial score (nSPS) is 27.0. The van der Waals surface area contributed by atoms with Crippen LogP contribution in [-0.4, -0.2) is 28.9 Å². The molecule has 108 valence electrons. The van der Waals surface area contributed by atoms with Crippen LogP contribution in [0.1, 0.15) is 47.5 Å². The Labute approximate surface area is 113 Å². The first-order valence-electron chi connectivity index (χ1n) is 6.31. The summed E-state index contributed by atoms with van der Waals surface area (Å²) in [6, 6.07) is 0. The molecule has 0 aliphatic carbocycles. The molecule has 1 N–H and O–H groups in total. The molecule has 2 unspecified atom stereocenters. The number of aliphatic carboxylic acids is 1. The van der Waals surface area contributed by atoms with Crippen molar-refractivity contribution in [3.05, 3.63) is 11.6 Å². The number of rotatable bonds is 4. The summed E-state index contributed by atoms with van der Waals surface area (Å²) in [5, 5.41) is 9.00. The van der Waals surface area contributed by atoms with E-state index in [1.807, 2.05) is 34.6 Å². The lowest BCUT2D eigenvalue weighted by Crippen LogP contribution is -2.39. The van der Waals surface area contributed by atoms with E-state index < -0.39 is 23.8 Å². The fourth-order valence-electron chi connectivity index (χ4n) is 1.77. The molecule has 5 nitrogen and oxygen atoms in total. The molecule has 19 heavy (non-hydrogen) atoms. The largest absolute Gasteiger partial charge is 0.481 e.